The molecule has 0 amide bonds. The summed E-state index contributed by atoms with van der Waals surface area (Å²) < 4.78 is 0. The van der Waals surface area contributed by atoms with Crippen molar-refractivity contribution in [3.05, 3.63) is 24.4 Å². The van der Waals surface area contributed by atoms with Crippen LogP contribution in [0.2, 0.25) is 0 Å². The van der Waals surface area contributed by atoms with Crippen molar-refractivity contribution in [1.82, 2.24) is 25.6 Å². The van der Waals surface area contributed by atoms with E-state index in [4.69, 9.17) is 0 Å². The summed E-state index contributed by atoms with van der Waals surface area (Å²) in [6.07, 6.45) is 1.69. The minimum Gasteiger partial charge on any atom is -0.253 e. The second kappa shape index (κ2) is 4.02. The molecule has 0 aliphatic rings. The molecule has 0 saturated carbocycles. The van der Waals surface area contributed by atoms with E-state index in [0.717, 1.165) is 5.69 Å². The fourth-order valence-electron chi connectivity index (χ4n) is 0.765. The molecule has 2 aromatic heterocycles. The van der Waals surface area contributed by atoms with E-state index in [9.17, 15) is 0 Å². The van der Waals surface area contributed by atoms with Crippen LogP contribution in [0.5, 0.6) is 0 Å². The Bertz CT molecular complexity index is 319. The first kappa shape index (κ1) is 8.94. The van der Waals surface area contributed by atoms with Crippen LogP contribution < -0.4 is 0 Å². The average Bonchev–Trinajstić information content (AvgIpc) is 2.58. The molecule has 0 fully saturated rings. The Kier molecular flexibility index (Phi) is 2.99. The van der Waals surface area contributed by atoms with E-state index in [1.807, 2.05) is 18.2 Å². The van der Waals surface area contributed by atoms with E-state index >= 15 is 0 Å². The van der Waals surface area contributed by atoms with E-state index in [-0.39, 0.29) is 19.5 Å². The van der Waals surface area contributed by atoms with Gasteiger partial charge in [-0.1, -0.05) is 6.07 Å². The number of tetrazole rings is 1. The summed E-state index contributed by atoms with van der Waals surface area (Å²) in [4.78, 5) is 4.04. The van der Waals surface area contributed by atoms with Crippen molar-refractivity contribution >= 4 is 0 Å². The summed E-state index contributed by atoms with van der Waals surface area (Å²) in [7, 11) is 0. The van der Waals surface area contributed by atoms with Gasteiger partial charge < -0.3 is 0 Å². The summed E-state index contributed by atoms with van der Waals surface area (Å²) in [6.45, 7) is 0. The molecular weight excluding hydrogens is 243 g/mol. The summed E-state index contributed by atoms with van der Waals surface area (Å²) in [5, 5.41) is 13.3. The molecule has 0 saturated heterocycles. The molecule has 0 atom stereocenters. The number of rotatable bonds is 1. The van der Waals surface area contributed by atoms with Gasteiger partial charge in [-0.3, -0.25) is 4.98 Å². The first-order valence-electron chi connectivity index (χ1n) is 3.11. The van der Waals surface area contributed by atoms with Crippen LogP contribution in [0, 0.1) is 0 Å². The van der Waals surface area contributed by atoms with Gasteiger partial charge in [0.25, 0.3) is 0 Å². The molecule has 0 aliphatic heterocycles. The molecule has 62 valence electrons. The quantitative estimate of drug-likeness (QED) is 0.735. The molecule has 2 rings (SSSR count). The standard InChI is InChI=1S/C6H5N5.Ru/c1-2-4-7-5(3-1)6-8-10-11-9-6;/h1-4H,(H,8,9,10,11);. The first-order valence-corrected chi connectivity index (χ1v) is 3.11. The zero-order chi connectivity index (χ0) is 7.52. The summed E-state index contributed by atoms with van der Waals surface area (Å²) in [6, 6.07) is 5.53. The van der Waals surface area contributed by atoms with Gasteiger partial charge in [-0.2, -0.15) is 5.21 Å². The Balaban J connectivity index is 0.000000720. The topological polar surface area (TPSA) is 67.3 Å². The normalized spacial score (nSPS) is 9.00. The molecule has 0 aromatic carbocycles. The predicted octanol–water partition coefficient (Wildman–Crippen LogP) is 0.259. The van der Waals surface area contributed by atoms with Crippen molar-refractivity contribution in [2.45, 2.75) is 0 Å². The van der Waals surface area contributed by atoms with E-state index in [1.54, 1.807) is 6.20 Å². The van der Waals surface area contributed by atoms with E-state index in [1.165, 1.54) is 0 Å². The Morgan fingerprint density at radius 3 is 2.75 bits per heavy atom. The number of H-pyrrole nitrogens is 1. The van der Waals surface area contributed by atoms with Crippen LogP contribution in [-0.2, 0) is 19.5 Å². The molecular formula is C6H5N5Ru. The van der Waals surface area contributed by atoms with Crippen molar-refractivity contribution in [1.29, 1.82) is 0 Å². The smallest absolute Gasteiger partial charge is 0.222 e. The molecule has 0 bridgehead atoms. The minimum atomic E-state index is 0. The number of hydrogen-bond donors (Lipinski definition) is 1. The van der Waals surface area contributed by atoms with Crippen LogP contribution in [0.1, 0.15) is 0 Å². The number of pyridine rings is 1. The third-order valence-electron chi connectivity index (χ3n) is 1.24. The zero-order valence-electron chi connectivity index (χ0n) is 5.95. The first-order chi connectivity index (χ1) is 5.47. The van der Waals surface area contributed by atoms with Crippen LogP contribution in [0.25, 0.3) is 11.5 Å². The Hall–Kier alpha value is -1.16. The van der Waals surface area contributed by atoms with Crippen molar-refractivity contribution in [3.63, 3.8) is 0 Å². The second-order valence-corrected chi connectivity index (χ2v) is 1.95. The van der Waals surface area contributed by atoms with Gasteiger partial charge in [0.15, 0.2) is 0 Å². The second-order valence-electron chi connectivity index (χ2n) is 1.95. The van der Waals surface area contributed by atoms with Gasteiger partial charge >= 0.3 is 0 Å². The van der Waals surface area contributed by atoms with Crippen LogP contribution in [0.4, 0.5) is 0 Å². The van der Waals surface area contributed by atoms with Crippen LogP contribution in [0.3, 0.4) is 0 Å². The van der Waals surface area contributed by atoms with Gasteiger partial charge in [0.1, 0.15) is 5.69 Å². The van der Waals surface area contributed by atoms with Gasteiger partial charge in [0.2, 0.25) is 5.82 Å². The van der Waals surface area contributed by atoms with Crippen LogP contribution in [-0.4, -0.2) is 25.6 Å². The summed E-state index contributed by atoms with van der Waals surface area (Å²) >= 11 is 0. The van der Waals surface area contributed by atoms with E-state index < -0.39 is 0 Å². The van der Waals surface area contributed by atoms with Crippen molar-refractivity contribution < 1.29 is 19.5 Å². The van der Waals surface area contributed by atoms with Gasteiger partial charge in [-0.15, -0.1) is 10.2 Å². The number of aromatic amines is 1. The fraction of sp³-hybridized carbons (Fsp3) is 0. The maximum absolute atomic E-state index is 4.04. The number of nitrogens with one attached hydrogen (secondary N) is 1. The monoisotopic (exact) mass is 249 g/mol. The molecule has 0 radical (unpaired) electrons. The molecule has 1 N–H and O–H groups in total. The molecule has 0 aliphatic carbocycles. The van der Waals surface area contributed by atoms with Crippen LogP contribution >= 0.6 is 0 Å². The van der Waals surface area contributed by atoms with Gasteiger partial charge in [0, 0.05) is 25.7 Å². The molecule has 0 unspecified atom stereocenters. The molecule has 5 nitrogen and oxygen atoms in total. The molecule has 0 spiro atoms. The maximum Gasteiger partial charge on any atom is 0.222 e. The molecule has 2 aromatic rings. The number of nitrogens with zero attached hydrogens (tertiary/aromatic N) is 4. The van der Waals surface area contributed by atoms with Crippen LogP contribution in [0.15, 0.2) is 24.4 Å². The zero-order valence-corrected chi connectivity index (χ0v) is 7.69. The fourth-order valence-corrected chi connectivity index (χ4v) is 0.765. The largest absolute Gasteiger partial charge is 0.253 e. The van der Waals surface area contributed by atoms with E-state index in [2.05, 4.69) is 25.6 Å². The summed E-state index contributed by atoms with van der Waals surface area (Å²) in [5.74, 6) is 0.519. The van der Waals surface area contributed by atoms with Crippen molar-refractivity contribution in [2.75, 3.05) is 0 Å². The Labute approximate surface area is 81.4 Å². The maximum atomic E-state index is 4.04. The molecule has 12 heavy (non-hydrogen) atoms. The third kappa shape index (κ3) is 1.71. The van der Waals surface area contributed by atoms with Gasteiger partial charge in [0.05, 0.1) is 0 Å². The minimum absolute atomic E-state index is 0. The van der Waals surface area contributed by atoms with Crippen molar-refractivity contribution in [3.8, 4) is 11.5 Å². The number of hydrogen-bond acceptors (Lipinski definition) is 4. The van der Waals surface area contributed by atoms with Crippen molar-refractivity contribution in [2.24, 2.45) is 0 Å². The SMILES string of the molecule is [Ru].c1ccc(-c2nn[nH]n2)nc1. The Morgan fingerprint density at radius 1 is 1.25 bits per heavy atom. The predicted molar refractivity (Wildman–Crippen MR) is 37.4 cm³/mol. The molecule has 6 heteroatoms. The Morgan fingerprint density at radius 2 is 2.17 bits per heavy atom. The van der Waals surface area contributed by atoms with E-state index in [0.29, 0.717) is 5.82 Å². The third-order valence-corrected chi connectivity index (χ3v) is 1.24. The summed E-state index contributed by atoms with van der Waals surface area (Å²) in [5.41, 5.74) is 0.723. The average molecular weight is 248 g/mol. The van der Waals surface area contributed by atoms with Gasteiger partial charge in [-0.25, -0.2) is 0 Å². The number of aromatic nitrogens is 5. The molecule has 2 heterocycles. The van der Waals surface area contributed by atoms with Gasteiger partial charge in [-0.05, 0) is 17.3 Å².